The molecule has 0 unspecified atom stereocenters. The SMILES string of the molecule is C=C(CCC=CC)CC(C)C. The van der Waals surface area contributed by atoms with Crippen LogP contribution in [0, 0.1) is 5.92 Å². The van der Waals surface area contributed by atoms with E-state index < -0.39 is 0 Å². The van der Waals surface area contributed by atoms with Gasteiger partial charge in [-0.1, -0.05) is 38.2 Å². The van der Waals surface area contributed by atoms with Crippen LogP contribution in [0.1, 0.15) is 40.0 Å². The molecule has 0 N–H and O–H groups in total. The molecule has 0 nitrogen and oxygen atoms in total. The van der Waals surface area contributed by atoms with Gasteiger partial charge in [0.1, 0.15) is 0 Å². The summed E-state index contributed by atoms with van der Waals surface area (Å²) in [5.41, 5.74) is 1.39. The highest BCUT2D eigenvalue weighted by atomic mass is 14.0. The van der Waals surface area contributed by atoms with Crippen molar-refractivity contribution in [1.29, 1.82) is 0 Å². The second-order valence-corrected chi connectivity index (χ2v) is 3.46. The summed E-state index contributed by atoms with van der Waals surface area (Å²) in [4.78, 5) is 0. The van der Waals surface area contributed by atoms with Crippen molar-refractivity contribution >= 4 is 0 Å². The highest BCUT2D eigenvalue weighted by molar-refractivity contribution is 4.97. The van der Waals surface area contributed by atoms with Gasteiger partial charge in [-0.15, -0.1) is 0 Å². The zero-order valence-corrected chi connectivity index (χ0v) is 8.06. The van der Waals surface area contributed by atoms with Crippen molar-refractivity contribution in [1.82, 2.24) is 0 Å². The average molecular weight is 152 g/mol. The molecular weight excluding hydrogens is 132 g/mol. The maximum absolute atomic E-state index is 4.03. The Morgan fingerprint density at radius 1 is 1.45 bits per heavy atom. The molecule has 0 saturated carbocycles. The molecule has 0 heteroatoms. The van der Waals surface area contributed by atoms with E-state index in [1.54, 1.807) is 0 Å². The number of rotatable bonds is 5. The summed E-state index contributed by atoms with van der Waals surface area (Å²) in [5, 5.41) is 0. The van der Waals surface area contributed by atoms with Gasteiger partial charge in [-0.3, -0.25) is 0 Å². The molecule has 0 amide bonds. The highest BCUT2D eigenvalue weighted by Gasteiger charge is 1.96. The summed E-state index contributed by atoms with van der Waals surface area (Å²) in [6.07, 6.45) is 7.79. The van der Waals surface area contributed by atoms with Crippen molar-refractivity contribution in [2.45, 2.75) is 40.0 Å². The van der Waals surface area contributed by atoms with Gasteiger partial charge in [0.15, 0.2) is 0 Å². The smallest absolute Gasteiger partial charge is 0.0288 e. The van der Waals surface area contributed by atoms with E-state index in [4.69, 9.17) is 0 Å². The van der Waals surface area contributed by atoms with Gasteiger partial charge in [-0.05, 0) is 32.1 Å². The average Bonchev–Trinajstić information content (AvgIpc) is 1.86. The molecule has 0 fully saturated rings. The van der Waals surface area contributed by atoms with E-state index in [0.717, 1.165) is 18.8 Å². The molecule has 0 saturated heterocycles. The standard InChI is InChI=1S/C11H20/c1-5-6-7-8-11(4)9-10(2)3/h5-6,10H,4,7-9H2,1-3H3. The summed E-state index contributed by atoms with van der Waals surface area (Å²) in [6.45, 7) is 10.6. The molecule has 0 radical (unpaired) electrons. The van der Waals surface area contributed by atoms with Crippen LogP contribution >= 0.6 is 0 Å². The molecule has 0 atom stereocenters. The maximum Gasteiger partial charge on any atom is -0.0288 e. The first-order chi connectivity index (χ1) is 5.16. The Morgan fingerprint density at radius 2 is 2.09 bits per heavy atom. The van der Waals surface area contributed by atoms with E-state index in [0.29, 0.717) is 0 Å². The third-order valence-corrected chi connectivity index (χ3v) is 1.60. The van der Waals surface area contributed by atoms with Gasteiger partial charge in [0.2, 0.25) is 0 Å². The Bertz CT molecular complexity index is 129. The molecule has 0 bridgehead atoms. The first kappa shape index (κ1) is 10.5. The van der Waals surface area contributed by atoms with Gasteiger partial charge >= 0.3 is 0 Å². The van der Waals surface area contributed by atoms with Crippen LogP contribution in [-0.4, -0.2) is 0 Å². The number of allylic oxidation sites excluding steroid dienone is 3. The van der Waals surface area contributed by atoms with Crippen LogP contribution in [0.5, 0.6) is 0 Å². The first-order valence-corrected chi connectivity index (χ1v) is 4.44. The second-order valence-electron chi connectivity index (χ2n) is 3.46. The van der Waals surface area contributed by atoms with Gasteiger partial charge in [0.25, 0.3) is 0 Å². The lowest BCUT2D eigenvalue weighted by molar-refractivity contribution is 0.627. The molecule has 0 heterocycles. The van der Waals surface area contributed by atoms with Gasteiger partial charge in [-0.25, -0.2) is 0 Å². The van der Waals surface area contributed by atoms with Gasteiger partial charge in [0, 0.05) is 0 Å². The molecule has 0 aliphatic carbocycles. The fourth-order valence-electron chi connectivity index (χ4n) is 1.13. The van der Waals surface area contributed by atoms with Crippen LogP contribution in [0.4, 0.5) is 0 Å². The number of hydrogen-bond donors (Lipinski definition) is 0. The fraction of sp³-hybridized carbons (Fsp3) is 0.636. The minimum atomic E-state index is 0.758. The lowest BCUT2D eigenvalue weighted by Gasteiger charge is -2.06. The molecule has 0 aliphatic heterocycles. The molecule has 0 aliphatic rings. The normalized spacial score (nSPS) is 11.3. The summed E-state index contributed by atoms with van der Waals surface area (Å²) < 4.78 is 0. The third-order valence-electron chi connectivity index (χ3n) is 1.60. The third kappa shape index (κ3) is 7.38. The van der Waals surface area contributed by atoms with Crippen LogP contribution in [0.25, 0.3) is 0 Å². The molecule has 64 valence electrons. The zero-order chi connectivity index (χ0) is 8.69. The minimum Gasteiger partial charge on any atom is -0.0998 e. The van der Waals surface area contributed by atoms with Crippen LogP contribution < -0.4 is 0 Å². The van der Waals surface area contributed by atoms with Crippen molar-refractivity contribution in [2.75, 3.05) is 0 Å². The van der Waals surface area contributed by atoms with Crippen molar-refractivity contribution in [3.05, 3.63) is 24.3 Å². The second kappa shape index (κ2) is 6.21. The van der Waals surface area contributed by atoms with E-state index in [1.165, 1.54) is 12.0 Å². The van der Waals surface area contributed by atoms with E-state index in [9.17, 15) is 0 Å². The van der Waals surface area contributed by atoms with Crippen LogP contribution in [0.2, 0.25) is 0 Å². The monoisotopic (exact) mass is 152 g/mol. The van der Waals surface area contributed by atoms with Crippen molar-refractivity contribution in [3.8, 4) is 0 Å². The number of hydrogen-bond acceptors (Lipinski definition) is 0. The Kier molecular flexibility index (Phi) is 5.91. The Balaban J connectivity index is 3.37. The van der Waals surface area contributed by atoms with Crippen LogP contribution in [0.15, 0.2) is 24.3 Å². The van der Waals surface area contributed by atoms with E-state index >= 15 is 0 Å². The summed E-state index contributed by atoms with van der Waals surface area (Å²) in [6, 6.07) is 0. The van der Waals surface area contributed by atoms with E-state index in [1.807, 2.05) is 0 Å². The lowest BCUT2D eigenvalue weighted by atomic mass is 10.0. The van der Waals surface area contributed by atoms with Gasteiger partial charge in [-0.2, -0.15) is 0 Å². The van der Waals surface area contributed by atoms with Gasteiger partial charge in [0.05, 0.1) is 0 Å². The van der Waals surface area contributed by atoms with E-state index in [2.05, 4.69) is 39.5 Å². The van der Waals surface area contributed by atoms with Gasteiger partial charge < -0.3 is 0 Å². The van der Waals surface area contributed by atoms with E-state index in [-0.39, 0.29) is 0 Å². The summed E-state index contributed by atoms with van der Waals surface area (Å²) >= 11 is 0. The molecule has 0 aromatic rings. The quantitative estimate of drug-likeness (QED) is 0.523. The van der Waals surface area contributed by atoms with Crippen molar-refractivity contribution < 1.29 is 0 Å². The lowest BCUT2D eigenvalue weighted by Crippen LogP contribution is -1.89. The Hall–Kier alpha value is -0.520. The largest absolute Gasteiger partial charge is 0.0998 e. The first-order valence-electron chi connectivity index (χ1n) is 4.44. The summed E-state index contributed by atoms with van der Waals surface area (Å²) in [5.74, 6) is 0.758. The molecule has 11 heavy (non-hydrogen) atoms. The van der Waals surface area contributed by atoms with Crippen LogP contribution in [0.3, 0.4) is 0 Å². The molecule has 0 spiro atoms. The predicted octanol–water partition coefficient (Wildman–Crippen LogP) is 3.95. The van der Waals surface area contributed by atoms with Crippen molar-refractivity contribution in [3.63, 3.8) is 0 Å². The Labute approximate surface area is 71.0 Å². The molecule has 0 aromatic heterocycles. The van der Waals surface area contributed by atoms with Crippen molar-refractivity contribution in [2.24, 2.45) is 5.92 Å². The summed E-state index contributed by atoms with van der Waals surface area (Å²) in [7, 11) is 0. The molecular formula is C11H20. The topological polar surface area (TPSA) is 0 Å². The fourth-order valence-corrected chi connectivity index (χ4v) is 1.13. The highest BCUT2D eigenvalue weighted by Crippen LogP contribution is 2.13. The Morgan fingerprint density at radius 3 is 2.55 bits per heavy atom. The zero-order valence-electron chi connectivity index (χ0n) is 8.06. The van der Waals surface area contributed by atoms with Crippen LogP contribution in [-0.2, 0) is 0 Å². The maximum atomic E-state index is 4.03. The molecule has 0 rings (SSSR count). The molecule has 0 aromatic carbocycles. The predicted molar refractivity (Wildman–Crippen MR) is 52.6 cm³/mol. The minimum absolute atomic E-state index is 0.758.